The zero-order valence-corrected chi connectivity index (χ0v) is 19.9. The average molecular weight is 475 g/mol. The van der Waals surface area contributed by atoms with Crippen LogP contribution in [0.2, 0.25) is 0 Å². The Hall–Kier alpha value is -3.27. The molecule has 5 amide bonds. The number of benzene rings is 1. The molecule has 34 heavy (non-hydrogen) atoms. The normalized spacial score (nSPS) is 12.8. The Morgan fingerprint density at radius 1 is 0.971 bits per heavy atom. The summed E-state index contributed by atoms with van der Waals surface area (Å²) in [5.41, 5.74) is 1.25. The number of β-lactam (4-membered cyclic amide) rings is 1. The van der Waals surface area contributed by atoms with Crippen molar-refractivity contribution in [2.45, 2.75) is 46.0 Å². The predicted octanol–water partition coefficient (Wildman–Crippen LogP) is 1.00. The number of ether oxygens (including phenoxy) is 1. The lowest BCUT2D eigenvalue weighted by Gasteiger charge is -2.28. The maximum Gasteiger partial charge on any atom is 0.233 e. The van der Waals surface area contributed by atoms with E-state index in [9.17, 15) is 24.0 Å². The highest BCUT2D eigenvalue weighted by atomic mass is 16.5. The molecule has 1 aromatic carbocycles. The number of imide groups is 1. The molecular weight excluding hydrogens is 440 g/mol. The fourth-order valence-corrected chi connectivity index (χ4v) is 3.18. The highest BCUT2D eigenvalue weighted by Crippen LogP contribution is 2.14. The summed E-state index contributed by atoms with van der Waals surface area (Å²) in [6, 6.07) is 6.70. The minimum Gasteiger partial charge on any atom is -0.380 e. The number of anilines is 1. The van der Waals surface area contributed by atoms with E-state index in [4.69, 9.17) is 4.74 Å². The molecule has 0 aromatic heterocycles. The number of hydrogen-bond donors (Lipinski definition) is 3. The fourth-order valence-electron chi connectivity index (χ4n) is 3.18. The minimum absolute atomic E-state index is 0.0337. The first kappa shape index (κ1) is 27.0. The molecule has 0 spiro atoms. The Labute approximate surface area is 199 Å². The van der Waals surface area contributed by atoms with Crippen LogP contribution in [0.15, 0.2) is 24.3 Å². The average Bonchev–Trinajstić information content (AvgIpc) is 2.75. The fraction of sp³-hybridized carbons (Fsp3) is 0.542. The van der Waals surface area contributed by atoms with Gasteiger partial charge in [0.2, 0.25) is 29.5 Å². The van der Waals surface area contributed by atoms with Gasteiger partial charge >= 0.3 is 0 Å². The highest BCUT2D eigenvalue weighted by molar-refractivity contribution is 6.03. The number of carbonyl (C=O) groups is 5. The van der Waals surface area contributed by atoms with Crippen LogP contribution in [0.25, 0.3) is 0 Å². The lowest BCUT2D eigenvalue weighted by molar-refractivity contribution is -0.152. The minimum atomic E-state index is -0.453. The van der Waals surface area contributed by atoms with Crippen LogP contribution >= 0.6 is 0 Å². The van der Waals surface area contributed by atoms with Gasteiger partial charge in [0.15, 0.2) is 0 Å². The van der Waals surface area contributed by atoms with Gasteiger partial charge in [0.05, 0.1) is 13.0 Å². The van der Waals surface area contributed by atoms with Crippen molar-refractivity contribution in [1.82, 2.24) is 15.5 Å². The molecule has 0 atom stereocenters. The lowest BCUT2D eigenvalue weighted by Crippen LogP contribution is -2.48. The van der Waals surface area contributed by atoms with E-state index >= 15 is 0 Å². The molecule has 0 aliphatic carbocycles. The van der Waals surface area contributed by atoms with Gasteiger partial charge < -0.3 is 20.7 Å². The molecule has 186 valence electrons. The van der Waals surface area contributed by atoms with Crippen LogP contribution in [0.4, 0.5) is 5.69 Å². The third kappa shape index (κ3) is 10.1. The van der Waals surface area contributed by atoms with Crippen molar-refractivity contribution in [2.75, 3.05) is 38.2 Å². The first-order valence-corrected chi connectivity index (χ1v) is 11.6. The molecular formula is C24H34N4O6. The second kappa shape index (κ2) is 14.1. The molecule has 0 radical (unpaired) electrons. The van der Waals surface area contributed by atoms with E-state index in [-0.39, 0.29) is 37.1 Å². The number of rotatable bonds is 14. The van der Waals surface area contributed by atoms with Gasteiger partial charge in [0.1, 0.15) is 6.42 Å². The molecule has 1 heterocycles. The first-order valence-electron chi connectivity index (χ1n) is 11.6. The molecule has 10 nitrogen and oxygen atoms in total. The summed E-state index contributed by atoms with van der Waals surface area (Å²) < 4.78 is 5.41. The summed E-state index contributed by atoms with van der Waals surface area (Å²) in [5, 5.41) is 8.08. The molecule has 10 heteroatoms. The topological polar surface area (TPSA) is 134 Å². The Kier molecular flexibility index (Phi) is 11.2. The molecule has 2 rings (SSSR count). The summed E-state index contributed by atoms with van der Waals surface area (Å²) in [4.78, 5) is 60.0. The van der Waals surface area contributed by atoms with Crippen molar-refractivity contribution < 1.29 is 28.7 Å². The van der Waals surface area contributed by atoms with E-state index < -0.39 is 11.8 Å². The number of nitrogens with one attached hydrogen (secondary N) is 3. The van der Waals surface area contributed by atoms with E-state index in [0.717, 1.165) is 5.56 Å². The summed E-state index contributed by atoms with van der Waals surface area (Å²) in [7, 11) is 0. The van der Waals surface area contributed by atoms with Crippen LogP contribution in [0, 0.1) is 5.92 Å². The number of amides is 5. The predicted molar refractivity (Wildman–Crippen MR) is 126 cm³/mol. The van der Waals surface area contributed by atoms with Crippen LogP contribution in [-0.4, -0.2) is 67.3 Å². The van der Waals surface area contributed by atoms with Crippen molar-refractivity contribution in [3.05, 3.63) is 29.8 Å². The van der Waals surface area contributed by atoms with E-state index in [2.05, 4.69) is 16.0 Å². The maximum atomic E-state index is 12.1. The van der Waals surface area contributed by atoms with Crippen LogP contribution in [0.3, 0.4) is 0 Å². The van der Waals surface area contributed by atoms with Gasteiger partial charge in [-0.2, -0.15) is 0 Å². The van der Waals surface area contributed by atoms with Gasteiger partial charge in [-0.05, 0) is 30.0 Å². The van der Waals surface area contributed by atoms with Gasteiger partial charge in [-0.25, -0.2) is 0 Å². The molecule has 1 fully saturated rings. The Morgan fingerprint density at radius 2 is 1.68 bits per heavy atom. The smallest absolute Gasteiger partial charge is 0.233 e. The van der Waals surface area contributed by atoms with Crippen LogP contribution in [0.1, 0.15) is 45.1 Å². The molecule has 0 saturated carbocycles. The standard InChI is InChI=1S/C24H34N4O6/c1-17(2)14-20(29)25-9-3-12-34-13-10-26-21(30)16-22(31)27-19-6-4-18(5-7-19)15-24(33)28-11-8-23(28)32/h4-7,17H,3,8-16H2,1-2H3,(H,25,29)(H,26,30)(H,27,31). The van der Waals surface area contributed by atoms with Gasteiger partial charge in [-0.15, -0.1) is 0 Å². The second-order valence-corrected chi connectivity index (χ2v) is 8.55. The molecule has 3 N–H and O–H groups in total. The molecule has 1 aliphatic heterocycles. The summed E-state index contributed by atoms with van der Waals surface area (Å²) in [6.07, 6.45) is 1.41. The first-order chi connectivity index (χ1) is 16.2. The van der Waals surface area contributed by atoms with Crippen molar-refractivity contribution in [3.8, 4) is 0 Å². The van der Waals surface area contributed by atoms with E-state index in [1.807, 2.05) is 13.8 Å². The molecule has 0 unspecified atom stereocenters. The number of nitrogens with zero attached hydrogens (tertiary/aromatic N) is 1. The molecule has 0 bridgehead atoms. The highest BCUT2D eigenvalue weighted by Gasteiger charge is 2.29. The van der Waals surface area contributed by atoms with Gasteiger partial charge in [-0.3, -0.25) is 28.9 Å². The van der Waals surface area contributed by atoms with Crippen molar-refractivity contribution >= 4 is 35.2 Å². The van der Waals surface area contributed by atoms with Crippen LogP contribution in [-0.2, 0) is 35.1 Å². The number of hydrogen-bond acceptors (Lipinski definition) is 6. The van der Waals surface area contributed by atoms with E-state index in [0.29, 0.717) is 57.2 Å². The Morgan fingerprint density at radius 3 is 2.29 bits per heavy atom. The monoisotopic (exact) mass is 474 g/mol. The van der Waals surface area contributed by atoms with Crippen molar-refractivity contribution in [1.29, 1.82) is 0 Å². The van der Waals surface area contributed by atoms with E-state index in [1.165, 1.54) is 4.90 Å². The number of carbonyl (C=O) groups excluding carboxylic acids is 5. The zero-order chi connectivity index (χ0) is 24.9. The SMILES string of the molecule is CC(C)CC(=O)NCCCOCCNC(=O)CC(=O)Nc1ccc(CC(=O)N2CCC2=O)cc1. The van der Waals surface area contributed by atoms with Crippen LogP contribution in [0.5, 0.6) is 0 Å². The van der Waals surface area contributed by atoms with Gasteiger partial charge in [0, 0.05) is 44.8 Å². The van der Waals surface area contributed by atoms with Crippen molar-refractivity contribution in [2.24, 2.45) is 5.92 Å². The van der Waals surface area contributed by atoms with Gasteiger partial charge in [0.25, 0.3) is 0 Å². The second-order valence-electron chi connectivity index (χ2n) is 8.55. The number of likely N-dealkylation sites (tertiary alicyclic amines) is 1. The third-order valence-electron chi connectivity index (χ3n) is 5.02. The quantitative estimate of drug-likeness (QED) is 0.209. The van der Waals surface area contributed by atoms with Crippen LogP contribution < -0.4 is 16.0 Å². The summed E-state index contributed by atoms with van der Waals surface area (Å²) in [6.45, 7) is 6.07. The Balaban J connectivity index is 1.53. The zero-order valence-electron chi connectivity index (χ0n) is 19.9. The molecule has 1 aliphatic rings. The van der Waals surface area contributed by atoms with E-state index in [1.54, 1.807) is 24.3 Å². The van der Waals surface area contributed by atoms with Crippen molar-refractivity contribution in [3.63, 3.8) is 0 Å². The molecule has 1 aromatic rings. The Bertz CT molecular complexity index is 869. The third-order valence-corrected chi connectivity index (χ3v) is 5.02. The summed E-state index contributed by atoms with van der Waals surface area (Å²) in [5.74, 6) is -0.892. The lowest BCUT2D eigenvalue weighted by atomic mass is 10.1. The summed E-state index contributed by atoms with van der Waals surface area (Å²) >= 11 is 0. The maximum absolute atomic E-state index is 12.1. The van der Waals surface area contributed by atoms with Gasteiger partial charge in [-0.1, -0.05) is 26.0 Å². The molecule has 1 saturated heterocycles. The largest absolute Gasteiger partial charge is 0.380 e.